The molecule has 2 aromatic rings. The van der Waals surface area contributed by atoms with E-state index < -0.39 is 17.8 Å². The van der Waals surface area contributed by atoms with Gasteiger partial charge in [-0.25, -0.2) is 4.39 Å². The number of piperidine rings is 1. The van der Waals surface area contributed by atoms with E-state index >= 15 is 0 Å². The van der Waals surface area contributed by atoms with Crippen LogP contribution in [0, 0.1) is 5.82 Å². The summed E-state index contributed by atoms with van der Waals surface area (Å²) in [5.41, 5.74) is 0.419. The van der Waals surface area contributed by atoms with Gasteiger partial charge in [0, 0.05) is 13.0 Å². The molecule has 3 rings (SSSR count). The fourth-order valence-electron chi connectivity index (χ4n) is 3.44. The smallest absolute Gasteiger partial charge is 0.325 e. The third-order valence-electron chi connectivity index (χ3n) is 4.73. The Kier molecular flexibility index (Phi) is 4.98. The molecule has 25 heavy (non-hydrogen) atoms. The largest absolute Gasteiger partial charge is 0.494 e. The van der Waals surface area contributed by atoms with E-state index in [0.29, 0.717) is 18.7 Å². The molecule has 0 aliphatic carbocycles. The van der Waals surface area contributed by atoms with Crippen molar-refractivity contribution in [3.05, 3.63) is 41.7 Å². The van der Waals surface area contributed by atoms with Gasteiger partial charge in [0.15, 0.2) is 11.6 Å². The molecule has 1 atom stereocenters. The number of carbonyl (C=O) groups is 1. The van der Waals surface area contributed by atoms with Gasteiger partial charge in [-0.1, -0.05) is 6.07 Å². The molecule has 2 heterocycles. The molecule has 134 valence electrons. The number of nitrogens with zero attached hydrogens (tertiary/aromatic N) is 4. The maximum Gasteiger partial charge on any atom is 0.325 e. The van der Waals surface area contributed by atoms with E-state index in [4.69, 9.17) is 4.74 Å². The van der Waals surface area contributed by atoms with Gasteiger partial charge in [0.2, 0.25) is 0 Å². The van der Waals surface area contributed by atoms with Crippen LogP contribution >= 0.6 is 0 Å². The summed E-state index contributed by atoms with van der Waals surface area (Å²) in [4.78, 5) is 13.7. The lowest BCUT2D eigenvalue weighted by Crippen LogP contribution is -2.40. The van der Waals surface area contributed by atoms with Crippen molar-refractivity contribution in [3.63, 3.8) is 0 Å². The number of benzene rings is 1. The monoisotopic (exact) mass is 348 g/mol. The summed E-state index contributed by atoms with van der Waals surface area (Å²) in [6, 6.07) is 3.44. The summed E-state index contributed by atoms with van der Waals surface area (Å²) in [7, 11) is 3.28. The topological polar surface area (TPSA) is 80.5 Å². The van der Waals surface area contributed by atoms with Crippen LogP contribution in [0.2, 0.25) is 0 Å². The van der Waals surface area contributed by atoms with Gasteiger partial charge >= 0.3 is 5.97 Å². The van der Waals surface area contributed by atoms with Gasteiger partial charge in [0.25, 0.3) is 0 Å². The molecule has 1 N–H and O–H groups in total. The molecule has 0 saturated carbocycles. The lowest BCUT2D eigenvalue weighted by Gasteiger charge is -2.35. The predicted molar refractivity (Wildman–Crippen MR) is 87.9 cm³/mol. The summed E-state index contributed by atoms with van der Waals surface area (Å²) in [5.74, 6) is -0.261. The van der Waals surface area contributed by atoms with E-state index in [1.165, 1.54) is 19.2 Å². The van der Waals surface area contributed by atoms with Crippen molar-refractivity contribution in [2.75, 3.05) is 20.2 Å². The minimum Gasteiger partial charge on any atom is -0.494 e. The number of ether oxygens (including phenoxy) is 1. The van der Waals surface area contributed by atoms with Crippen LogP contribution in [0.1, 0.15) is 36.2 Å². The number of methoxy groups -OCH3 is 1. The first-order valence-electron chi connectivity index (χ1n) is 8.15. The molecule has 1 fully saturated rings. The zero-order valence-corrected chi connectivity index (χ0v) is 14.2. The van der Waals surface area contributed by atoms with Gasteiger partial charge in [0.05, 0.1) is 7.11 Å². The molecule has 1 unspecified atom stereocenters. The van der Waals surface area contributed by atoms with Gasteiger partial charge in [-0.2, -0.15) is 0 Å². The number of rotatable bonds is 5. The number of hydrogen-bond acceptors (Lipinski definition) is 5. The van der Waals surface area contributed by atoms with Crippen molar-refractivity contribution < 1.29 is 19.0 Å². The summed E-state index contributed by atoms with van der Waals surface area (Å²) in [5, 5.41) is 17.7. The van der Waals surface area contributed by atoms with Crippen LogP contribution in [0.25, 0.3) is 0 Å². The Hall–Kier alpha value is -2.48. The van der Waals surface area contributed by atoms with Crippen LogP contribution in [0.15, 0.2) is 24.5 Å². The predicted octanol–water partition coefficient (Wildman–Crippen LogP) is 1.97. The van der Waals surface area contributed by atoms with Crippen LogP contribution in [0.5, 0.6) is 5.75 Å². The Bertz CT molecular complexity index is 756. The van der Waals surface area contributed by atoms with E-state index in [-0.39, 0.29) is 11.7 Å². The highest BCUT2D eigenvalue weighted by molar-refractivity contribution is 5.75. The zero-order chi connectivity index (χ0) is 18.0. The van der Waals surface area contributed by atoms with Crippen LogP contribution in [0.3, 0.4) is 0 Å². The second-order valence-corrected chi connectivity index (χ2v) is 6.25. The third kappa shape index (κ3) is 3.48. The van der Waals surface area contributed by atoms with Crippen molar-refractivity contribution in [3.8, 4) is 5.75 Å². The Morgan fingerprint density at radius 2 is 2.12 bits per heavy atom. The number of carboxylic acid groups (broad SMARTS) is 1. The highest BCUT2D eigenvalue weighted by Crippen LogP contribution is 2.32. The number of aliphatic carboxylic acids is 1. The number of hydrogen-bond donors (Lipinski definition) is 1. The highest BCUT2D eigenvalue weighted by Gasteiger charge is 2.33. The number of carboxylic acids is 1. The van der Waals surface area contributed by atoms with Gasteiger partial charge in [0.1, 0.15) is 18.2 Å². The highest BCUT2D eigenvalue weighted by atomic mass is 19.1. The van der Waals surface area contributed by atoms with Crippen LogP contribution in [-0.4, -0.2) is 50.9 Å². The first kappa shape index (κ1) is 17.3. The standard InChI is InChI=1S/C17H21FN4O3/c1-21-10-19-20-16(21)11-5-7-22(8-6-11)15(17(23)24)12-3-4-14(25-2)13(18)9-12/h3-4,9-11,15H,5-8H2,1-2H3,(H,23,24). The first-order chi connectivity index (χ1) is 12.0. The van der Waals surface area contributed by atoms with E-state index in [2.05, 4.69) is 10.2 Å². The lowest BCUT2D eigenvalue weighted by molar-refractivity contribution is -0.144. The molecule has 1 aliphatic rings. The maximum atomic E-state index is 14.0. The average Bonchev–Trinajstić information content (AvgIpc) is 3.02. The summed E-state index contributed by atoms with van der Waals surface area (Å²) >= 11 is 0. The molecular formula is C17H21FN4O3. The molecule has 0 spiro atoms. The molecule has 1 aromatic heterocycles. The van der Waals surface area contributed by atoms with E-state index in [0.717, 1.165) is 18.7 Å². The summed E-state index contributed by atoms with van der Waals surface area (Å²) in [6.07, 6.45) is 3.24. The Morgan fingerprint density at radius 1 is 1.40 bits per heavy atom. The minimum absolute atomic E-state index is 0.105. The fourth-order valence-corrected chi connectivity index (χ4v) is 3.44. The minimum atomic E-state index is -0.985. The maximum absolute atomic E-state index is 14.0. The molecule has 8 heteroatoms. The first-order valence-corrected chi connectivity index (χ1v) is 8.15. The molecule has 1 saturated heterocycles. The van der Waals surface area contributed by atoms with Gasteiger partial charge in [-0.3, -0.25) is 9.69 Å². The quantitative estimate of drug-likeness (QED) is 0.890. The Morgan fingerprint density at radius 3 is 2.64 bits per heavy atom. The van der Waals surface area contributed by atoms with E-state index in [1.807, 2.05) is 16.5 Å². The molecule has 1 aromatic carbocycles. The molecule has 0 amide bonds. The van der Waals surface area contributed by atoms with Crippen molar-refractivity contribution in [2.45, 2.75) is 24.8 Å². The molecule has 0 radical (unpaired) electrons. The average molecular weight is 348 g/mol. The van der Waals surface area contributed by atoms with Gasteiger partial charge in [-0.15, -0.1) is 10.2 Å². The summed E-state index contributed by atoms with van der Waals surface area (Å²) < 4.78 is 20.8. The second kappa shape index (κ2) is 7.18. The van der Waals surface area contributed by atoms with E-state index in [1.54, 1.807) is 12.4 Å². The zero-order valence-electron chi connectivity index (χ0n) is 14.2. The van der Waals surface area contributed by atoms with Gasteiger partial charge < -0.3 is 14.4 Å². The summed E-state index contributed by atoms with van der Waals surface area (Å²) in [6.45, 7) is 1.20. The molecular weight excluding hydrogens is 327 g/mol. The van der Waals surface area contributed by atoms with Crippen LogP contribution in [-0.2, 0) is 11.8 Å². The Labute approximate surface area is 145 Å². The third-order valence-corrected chi connectivity index (χ3v) is 4.73. The molecule has 0 bridgehead atoms. The normalized spacial score (nSPS) is 17.4. The van der Waals surface area contributed by atoms with Crippen molar-refractivity contribution >= 4 is 5.97 Å². The molecule has 7 nitrogen and oxygen atoms in total. The van der Waals surface area contributed by atoms with Crippen LogP contribution in [0.4, 0.5) is 4.39 Å². The number of aryl methyl sites for hydroxylation is 1. The van der Waals surface area contributed by atoms with Gasteiger partial charge in [-0.05, 0) is 43.6 Å². The van der Waals surface area contributed by atoms with Crippen LogP contribution < -0.4 is 4.74 Å². The second-order valence-electron chi connectivity index (χ2n) is 6.25. The number of halogens is 1. The molecule has 1 aliphatic heterocycles. The van der Waals surface area contributed by atoms with Crippen molar-refractivity contribution in [1.29, 1.82) is 0 Å². The van der Waals surface area contributed by atoms with Crippen molar-refractivity contribution in [1.82, 2.24) is 19.7 Å². The fraction of sp³-hybridized carbons (Fsp3) is 0.471. The number of aromatic nitrogens is 3. The van der Waals surface area contributed by atoms with Crippen molar-refractivity contribution in [2.24, 2.45) is 7.05 Å². The number of likely N-dealkylation sites (tertiary alicyclic amines) is 1. The Balaban J connectivity index is 1.76. The lowest BCUT2D eigenvalue weighted by atomic mass is 9.93. The van der Waals surface area contributed by atoms with E-state index in [9.17, 15) is 14.3 Å². The SMILES string of the molecule is COc1ccc(C(C(=O)O)N2CCC(c3nncn3C)CC2)cc1F.